The van der Waals surface area contributed by atoms with Gasteiger partial charge >= 0.3 is 0 Å². The van der Waals surface area contributed by atoms with Crippen LogP contribution in [-0.2, 0) is 4.74 Å². The lowest BCUT2D eigenvalue weighted by molar-refractivity contribution is 0.122. The van der Waals surface area contributed by atoms with Crippen LogP contribution < -0.4 is 20.3 Å². The molecule has 0 unspecified atom stereocenters. The van der Waals surface area contributed by atoms with Gasteiger partial charge in [-0.1, -0.05) is 18.2 Å². The Bertz CT molecular complexity index is 1260. The molecule has 0 bridgehead atoms. The fourth-order valence-electron chi connectivity index (χ4n) is 3.73. The SMILES string of the molecule is COc1cc(Nc2cc(-n3cnc(Nc4ccccc4)n3)c(F)cn2)ccc1N1CCOCC1. The Morgan fingerprint density at radius 2 is 1.76 bits per heavy atom. The van der Waals surface area contributed by atoms with E-state index in [1.54, 1.807) is 13.2 Å². The number of aromatic nitrogens is 4. The molecule has 0 spiro atoms. The maximum atomic E-state index is 14.6. The average Bonchev–Trinajstić information content (AvgIpc) is 3.34. The van der Waals surface area contributed by atoms with E-state index >= 15 is 0 Å². The summed E-state index contributed by atoms with van der Waals surface area (Å²) in [6, 6.07) is 16.9. The minimum Gasteiger partial charge on any atom is -0.495 e. The molecule has 1 fully saturated rings. The van der Waals surface area contributed by atoms with Crippen LogP contribution in [-0.4, -0.2) is 53.2 Å². The van der Waals surface area contributed by atoms with Crippen LogP contribution in [0.5, 0.6) is 5.75 Å². The summed E-state index contributed by atoms with van der Waals surface area (Å²) in [5.74, 6) is 1.05. The standard InChI is InChI=1S/C24H24FN7O2/c1-33-22-13-18(7-8-20(22)31-9-11-34-12-10-31)28-23-14-21(19(25)15-26-23)32-16-27-24(30-32)29-17-5-3-2-4-6-17/h2-8,13-16H,9-12H2,1H3,(H,26,28)(H,29,30). The van der Waals surface area contributed by atoms with Gasteiger partial charge in [0.1, 0.15) is 23.6 Å². The molecular weight excluding hydrogens is 437 g/mol. The molecule has 1 aliphatic rings. The Labute approximate surface area is 196 Å². The lowest BCUT2D eigenvalue weighted by Crippen LogP contribution is -2.36. The van der Waals surface area contributed by atoms with Crippen molar-refractivity contribution < 1.29 is 13.9 Å². The van der Waals surface area contributed by atoms with E-state index in [1.165, 1.54) is 11.0 Å². The number of nitrogens with one attached hydrogen (secondary N) is 2. The number of para-hydroxylation sites is 1. The maximum Gasteiger partial charge on any atom is 0.246 e. The van der Waals surface area contributed by atoms with Crippen LogP contribution in [0.1, 0.15) is 0 Å². The quantitative estimate of drug-likeness (QED) is 0.425. The number of halogens is 1. The molecule has 0 radical (unpaired) electrons. The van der Waals surface area contributed by atoms with E-state index in [4.69, 9.17) is 9.47 Å². The van der Waals surface area contributed by atoms with Gasteiger partial charge in [-0.2, -0.15) is 4.98 Å². The zero-order valence-corrected chi connectivity index (χ0v) is 18.6. The summed E-state index contributed by atoms with van der Waals surface area (Å²) in [4.78, 5) is 10.6. The van der Waals surface area contributed by atoms with Crippen molar-refractivity contribution >= 4 is 28.8 Å². The molecule has 2 aromatic heterocycles. The second-order valence-corrected chi connectivity index (χ2v) is 7.64. The second kappa shape index (κ2) is 9.75. The Balaban J connectivity index is 1.35. The zero-order valence-electron chi connectivity index (χ0n) is 18.6. The first kappa shape index (κ1) is 21.7. The molecule has 1 aliphatic heterocycles. The highest BCUT2D eigenvalue weighted by Crippen LogP contribution is 2.33. The van der Waals surface area contributed by atoms with Crippen molar-refractivity contribution in [1.82, 2.24) is 19.7 Å². The highest BCUT2D eigenvalue weighted by atomic mass is 19.1. The number of benzene rings is 2. The molecule has 0 atom stereocenters. The predicted molar refractivity (Wildman–Crippen MR) is 128 cm³/mol. The van der Waals surface area contributed by atoms with Crippen LogP contribution in [0.3, 0.4) is 0 Å². The molecule has 0 amide bonds. The van der Waals surface area contributed by atoms with Gasteiger partial charge in [0.15, 0.2) is 5.82 Å². The van der Waals surface area contributed by atoms with Crippen LogP contribution in [0.25, 0.3) is 5.69 Å². The van der Waals surface area contributed by atoms with Gasteiger partial charge in [0.05, 0.1) is 32.2 Å². The number of pyridine rings is 1. The van der Waals surface area contributed by atoms with E-state index in [0.717, 1.165) is 42.1 Å². The van der Waals surface area contributed by atoms with E-state index in [0.29, 0.717) is 25.0 Å². The number of rotatable bonds is 7. The molecule has 3 heterocycles. The number of methoxy groups -OCH3 is 1. The van der Waals surface area contributed by atoms with Crippen molar-refractivity contribution in [2.24, 2.45) is 0 Å². The van der Waals surface area contributed by atoms with Crippen LogP contribution in [0, 0.1) is 5.82 Å². The van der Waals surface area contributed by atoms with Gasteiger partial charge in [0, 0.05) is 36.6 Å². The van der Waals surface area contributed by atoms with Gasteiger partial charge < -0.3 is 25.0 Å². The Hall–Kier alpha value is -4.18. The van der Waals surface area contributed by atoms with E-state index in [-0.39, 0.29) is 5.69 Å². The van der Waals surface area contributed by atoms with Gasteiger partial charge in [0.25, 0.3) is 0 Å². The van der Waals surface area contributed by atoms with Gasteiger partial charge in [-0.15, -0.1) is 5.10 Å². The number of hydrogen-bond acceptors (Lipinski definition) is 8. The molecule has 5 rings (SSSR count). The third-order valence-electron chi connectivity index (χ3n) is 5.41. The van der Waals surface area contributed by atoms with Crippen LogP contribution >= 0.6 is 0 Å². The number of hydrogen-bond donors (Lipinski definition) is 2. The molecule has 0 aliphatic carbocycles. The van der Waals surface area contributed by atoms with Gasteiger partial charge in [-0.25, -0.2) is 14.1 Å². The molecule has 2 aromatic carbocycles. The Kier molecular flexibility index (Phi) is 6.21. The normalized spacial score (nSPS) is 13.5. The van der Waals surface area contributed by atoms with Crippen molar-refractivity contribution in [3.8, 4) is 11.4 Å². The third-order valence-corrected chi connectivity index (χ3v) is 5.41. The monoisotopic (exact) mass is 461 g/mol. The highest BCUT2D eigenvalue weighted by Gasteiger charge is 2.16. The first-order valence-electron chi connectivity index (χ1n) is 10.9. The lowest BCUT2D eigenvalue weighted by atomic mass is 10.2. The van der Waals surface area contributed by atoms with Crippen molar-refractivity contribution in [2.45, 2.75) is 0 Å². The summed E-state index contributed by atoms with van der Waals surface area (Å²) >= 11 is 0. The molecule has 1 saturated heterocycles. The van der Waals surface area contributed by atoms with Gasteiger partial charge in [0.2, 0.25) is 5.95 Å². The zero-order chi connectivity index (χ0) is 23.3. The molecule has 34 heavy (non-hydrogen) atoms. The first-order valence-corrected chi connectivity index (χ1v) is 10.9. The minimum atomic E-state index is -0.512. The van der Waals surface area contributed by atoms with Crippen molar-refractivity contribution in [1.29, 1.82) is 0 Å². The molecule has 0 saturated carbocycles. The van der Waals surface area contributed by atoms with Crippen molar-refractivity contribution in [3.63, 3.8) is 0 Å². The van der Waals surface area contributed by atoms with Gasteiger partial charge in [-0.3, -0.25) is 0 Å². The first-order chi connectivity index (χ1) is 16.7. The van der Waals surface area contributed by atoms with Crippen LogP contribution in [0.2, 0.25) is 0 Å². The summed E-state index contributed by atoms with van der Waals surface area (Å²) < 4.78 is 27.0. The molecule has 9 nitrogen and oxygen atoms in total. The van der Waals surface area contributed by atoms with Crippen molar-refractivity contribution in [3.05, 3.63) is 72.9 Å². The number of anilines is 5. The number of morpholine rings is 1. The van der Waals surface area contributed by atoms with E-state index in [9.17, 15) is 4.39 Å². The number of ether oxygens (including phenoxy) is 2. The summed E-state index contributed by atoms with van der Waals surface area (Å²) in [5.41, 5.74) is 2.84. The molecule has 4 aromatic rings. The minimum absolute atomic E-state index is 0.225. The average molecular weight is 462 g/mol. The second-order valence-electron chi connectivity index (χ2n) is 7.64. The van der Waals surface area contributed by atoms with E-state index in [2.05, 4.69) is 30.6 Å². The number of nitrogens with zero attached hydrogens (tertiary/aromatic N) is 5. The van der Waals surface area contributed by atoms with Crippen LogP contribution in [0.15, 0.2) is 67.1 Å². The topological polar surface area (TPSA) is 89.4 Å². The third kappa shape index (κ3) is 4.76. The Morgan fingerprint density at radius 1 is 0.941 bits per heavy atom. The van der Waals surface area contributed by atoms with Crippen molar-refractivity contribution in [2.75, 3.05) is 48.9 Å². The smallest absolute Gasteiger partial charge is 0.246 e. The highest BCUT2D eigenvalue weighted by molar-refractivity contribution is 5.68. The van der Waals surface area contributed by atoms with Gasteiger partial charge in [-0.05, 0) is 24.3 Å². The Morgan fingerprint density at radius 3 is 2.56 bits per heavy atom. The summed E-state index contributed by atoms with van der Waals surface area (Å²) in [7, 11) is 1.64. The van der Waals surface area contributed by atoms with E-state index < -0.39 is 5.82 Å². The summed E-state index contributed by atoms with van der Waals surface area (Å²) in [6.07, 6.45) is 2.61. The fourth-order valence-corrected chi connectivity index (χ4v) is 3.73. The molecule has 2 N–H and O–H groups in total. The van der Waals surface area contributed by atoms with E-state index in [1.807, 2.05) is 48.5 Å². The molecule has 174 valence electrons. The molecule has 10 heteroatoms. The summed E-state index contributed by atoms with van der Waals surface area (Å²) in [5, 5.41) is 10.6. The largest absolute Gasteiger partial charge is 0.495 e. The molecular formula is C24H24FN7O2. The van der Waals surface area contributed by atoms with Crippen LogP contribution in [0.4, 0.5) is 33.2 Å². The fraction of sp³-hybridized carbons (Fsp3) is 0.208. The maximum absolute atomic E-state index is 14.6. The predicted octanol–water partition coefficient (Wildman–Crippen LogP) is 4.13. The summed E-state index contributed by atoms with van der Waals surface area (Å²) in [6.45, 7) is 3.00. The lowest BCUT2D eigenvalue weighted by Gasteiger charge is -2.30.